The van der Waals surface area contributed by atoms with Crippen molar-refractivity contribution in [3.05, 3.63) is 34.1 Å². The first-order valence-corrected chi connectivity index (χ1v) is 6.13. The van der Waals surface area contributed by atoms with Crippen LogP contribution in [0, 0.1) is 0 Å². The van der Waals surface area contributed by atoms with Crippen molar-refractivity contribution in [2.75, 3.05) is 0 Å². The highest BCUT2D eigenvalue weighted by molar-refractivity contribution is 5.83. The van der Waals surface area contributed by atoms with Gasteiger partial charge in [0, 0.05) is 28.6 Å². The van der Waals surface area contributed by atoms with Crippen LogP contribution in [0.1, 0.15) is 26.5 Å². The monoisotopic (exact) mass is 281 g/mol. The summed E-state index contributed by atoms with van der Waals surface area (Å²) in [6.07, 6.45) is -3.68. The first-order chi connectivity index (χ1) is 9.16. The van der Waals surface area contributed by atoms with E-state index >= 15 is 0 Å². The molecule has 1 aliphatic rings. The molecule has 0 saturated carbocycles. The van der Waals surface area contributed by atoms with Gasteiger partial charge in [0.2, 0.25) is 0 Å². The van der Waals surface area contributed by atoms with Crippen molar-refractivity contribution in [1.29, 1.82) is 0 Å². The molecule has 6 heteroatoms. The van der Waals surface area contributed by atoms with Gasteiger partial charge in [0.1, 0.15) is 0 Å². The second-order valence-corrected chi connectivity index (χ2v) is 5.81. The molecule has 0 spiro atoms. The minimum atomic E-state index is -3.68. The number of aromatic amines is 1. The Labute approximate surface area is 113 Å². The van der Waals surface area contributed by atoms with Gasteiger partial charge in [-0.3, -0.25) is 4.79 Å². The van der Waals surface area contributed by atoms with Crippen LogP contribution in [0.25, 0.3) is 10.9 Å². The summed E-state index contributed by atoms with van der Waals surface area (Å²) in [5, 5.41) is 0.290. The molecule has 3 rings (SSSR count). The maximum Gasteiger partial charge on any atom is 0.586 e. The van der Waals surface area contributed by atoms with E-state index in [4.69, 9.17) is 0 Å². The van der Waals surface area contributed by atoms with Crippen molar-refractivity contribution in [3.63, 3.8) is 0 Å². The van der Waals surface area contributed by atoms with Crippen LogP contribution < -0.4 is 14.9 Å². The zero-order valence-electron chi connectivity index (χ0n) is 11.2. The molecule has 1 aromatic carbocycles. The van der Waals surface area contributed by atoms with E-state index in [-0.39, 0.29) is 27.7 Å². The first-order valence-electron chi connectivity index (χ1n) is 6.13. The standard InChI is InChI=1S/C14H13F2NO3/c1-13(2,3)12-6-9(18)7-4-10-11(5-8(7)17-12)20-14(15,16)19-10/h4-6H,1-3H3,(H,17,18). The molecule has 106 valence electrons. The van der Waals surface area contributed by atoms with E-state index in [0.29, 0.717) is 5.52 Å². The van der Waals surface area contributed by atoms with Gasteiger partial charge >= 0.3 is 6.29 Å². The highest BCUT2D eigenvalue weighted by atomic mass is 19.3. The molecule has 0 saturated heterocycles. The predicted molar refractivity (Wildman–Crippen MR) is 69.5 cm³/mol. The maximum absolute atomic E-state index is 13.0. The Kier molecular flexibility index (Phi) is 2.39. The summed E-state index contributed by atoms with van der Waals surface area (Å²) >= 11 is 0. The highest BCUT2D eigenvalue weighted by Gasteiger charge is 2.43. The number of aromatic nitrogens is 1. The summed E-state index contributed by atoms with van der Waals surface area (Å²) in [4.78, 5) is 15.2. The number of nitrogens with one attached hydrogen (secondary N) is 1. The Hall–Kier alpha value is -2.11. The summed E-state index contributed by atoms with van der Waals surface area (Å²) < 4.78 is 34.8. The van der Waals surface area contributed by atoms with Crippen molar-refractivity contribution >= 4 is 10.9 Å². The summed E-state index contributed by atoms with van der Waals surface area (Å²) in [6, 6.07) is 4.11. The normalized spacial score (nSPS) is 16.6. The fraction of sp³-hybridized carbons (Fsp3) is 0.357. The van der Waals surface area contributed by atoms with Gasteiger partial charge in [-0.2, -0.15) is 0 Å². The molecule has 0 radical (unpaired) electrons. The minimum Gasteiger partial charge on any atom is -0.395 e. The fourth-order valence-corrected chi connectivity index (χ4v) is 2.10. The van der Waals surface area contributed by atoms with E-state index in [1.54, 1.807) is 0 Å². The van der Waals surface area contributed by atoms with E-state index in [9.17, 15) is 13.6 Å². The third-order valence-electron chi connectivity index (χ3n) is 3.16. The summed E-state index contributed by atoms with van der Waals surface area (Å²) in [6.45, 7) is 5.85. The van der Waals surface area contributed by atoms with Gasteiger partial charge in [-0.1, -0.05) is 20.8 Å². The smallest absolute Gasteiger partial charge is 0.395 e. The molecule has 2 heterocycles. The molecule has 4 nitrogen and oxygen atoms in total. The topological polar surface area (TPSA) is 51.3 Å². The summed E-state index contributed by atoms with van der Waals surface area (Å²) in [7, 11) is 0. The number of hydrogen-bond donors (Lipinski definition) is 1. The molecule has 0 aliphatic carbocycles. The quantitative estimate of drug-likeness (QED) is 0.807. The number of ether oxygens (including phenoxy) is 2. The van der Waals surface area contributed by atoms with E-state index in [1.165, 1.54) is 18.2 Å². The molecular formula is C14H13F2NO3. The molecular weight excluding hydrogens is 268 g/mol. The lowest BCUT2D eigenvalue weighted by molar-refractivity contribution is -0.286. The fourth-order valence-electron chi connectivity index (χ4n) is 2.10. The summed E-state index contributed by atoms with van der Waals surface area (Å²) in [5.74, 6) is -0.208. The maximum atomic E-state index is 13.0. The lowest BCUT2D eigenvalue weighted by Crippen LogP contribution is -2.25. The number of benzene rings is 1. The van der Waals surface area contributed by atoms with Crippen molar-refractivity contribution < 1.29 is 18.3 Å². The Balaban J connectivity index is 2.25. The molecule has 0 bridgehead atoms. The minimum absolute atomic E-state index is 0.0794. The van der Waals surface area contributed by atoms with Crippen molar-refractivity contribution in [1.82, 2.24) is 4.98 Å². The molecule has 1 aliphatic heterocycles. The molecule has 1 N–H and O–H groups in total. The van der Waals surface area contributed by atoms with Crippen LogP contribution in [0.5, 0.6) is 11.5 Å². The highest BCUT2D eigenvalue weighted by Crippen LogP contribution is 2.42. The van der Waals surface area contributed by atoms with Crippen LogP contribution in [-0.2, 0) is 5.41 Å². The predicted octanol–water partition coefficient (Wildman–Crippen LogP) is 3.15. The second kappa shape index (κ2) is 3.71. The van der Waals surface area contributed by atoms with Gasteiger partial charge in [0.25, 0.3) is 0 Å². The van der Waals surface area contributed by atoms with Gasteiger partial charge in [0.15, 0.2) is 16.9 Å². The lowest BCUT2D eigenvalue weighted by Gasteiger charge is -2.19. The van der Waals surface area contributed by atoms with Crippen molar-refractivity contribution in [2.24, 2.45) is 0 Å². The first kappa shape index (κ1) is 12.9. The van der Waals surface area contributed by atoms with Gasteiger partial charge in [-0.05, 0) is 6.07 Å². The number of halogens is 2. The van der Waals surface area contributed by atoms with Crippen molar-refractivity contribution in [3.8, 4) is 11.5 Å². The number of fused-ring (bicyclic) bond motifs is 2. The Morgan fingerprint density at radius 3 is 2.30 bits per heavy atom. The molecule has 1 aromatic heterocycles. The van der Waals surface area contributed by atoms with Gasteiger partial charge in [0.05, 0.1) is 5.52 Å². The van der Waals surface area contributed by atoms with Gasteiger partial charge < -0.3 is 14.5 Å². The number of alkyl halides is 2. The SMILES string of the molecule is CC(C)(C)c1cc(=O)c2cc3c(cc2[nH]1)OC(F)(F)O3. The van der Waals surface area contributed by atoms with Crippen LogP contribution in [0.2, 0.25) is 0 Å². The largest absolute Gasteiger partial charge is 0.586 e. The van der Waals surface area contributed by atoms with Crippen LogP contribution >= 0.6 is 0 Å². The zero-order valence-corrected chi connectivity index (χ0v) is 11.2. The molecule has 0 amide bonds. The molecule has 0 unspecified atom stereocenters. The number of H-pyrrole nitrogens is 1. The zero-order chi connectivity index (χ0) is 14.7. The van der Waals surface area contributed by atoms with Gasteiger partial charge in [-0.25, -0.2) is 0 Å². The van der Waals surface area contributed by atoms with Gasteiger partial charge in [-0.15, -0.1) is 8.78 Å². The van der Waals surface area contributed by atoms with E-state index < -0.39 is 6.29 Å². The third kappa shape index (κ3) is 2.01. The Bertz CT molecular complexity index is 759. The average Bonchev–Trinajstić information content (AvgIpc) is 2.58. The molecule has 0 atom stereocenters. The van der Waals surface area contributed by atoms with Crippen molar-refractivity contribution in [2.45, 2.75) is 32.5 Å². The number of hydrogen-bond acceptors (Lipinski definition) is 3. The lowest BCUT2D eigenvalue weighted by atomic mass is 9.91. The van der Waals surface area contributed by atoms with Crippen LogP contribution in [-0.4, -0.2) is 11.3 Å². The molecule has 0 fully saturated rings. The third-order valence-corrected chi connectivity index (χ3v) is 3.16. The van der Waals surface area contributed by atoms with Crippen LogP contribution in [0.15, 0.2) is 23.0 Å². The summed E-state index contributed by atoms with van der Waals surface area (Å²) in [5.41, 5.74) is 0.668. The van der Waals surface area contributed by atoms with E-state index in [1.807, 2.05) is 20.8 Å². The number of rotatable bonds is 0. The van der Waals surface area contributed by atoms with Crippen LogP contribution in [0.4, 0.5) is 8.78 Å². The number of pyridine rings is 1. The van der Waals surface area contributed by atoms with E-state index in [2.05, 4.69) is 14.5 Å². The average molecular weight is 281 g/mol. The second-order valence-electron chi connectivity index (χ2n) is 5.81. The molecule has 20 heavy (non-hydrogen) atoms. The van der Waals surface area contributed by atoms with E-state index in [0.717, 1.165) is 5.69 Å². The Morgan fingerprint density at radius 1 is 1.10 bits per heavy atom. The van der Waals surface area contributed by atoms with Crippen LogP contribution in [0.3, 0.4) is 0 Å². The molecule has 2 aromatic rings. The Morgan fingerprint density at radius 2 is 1.70 bits per heavy atom.